The molecule has 13 heavy (non-hydrogen) atoms. The minimum atomic E-state index is -0.190. The van der Waals surface area contributed by atoms with Gasteiger partial charge in [0.2, 0.25) is 5.91 Å². The molecule has 0 saturated heterocycles. The van der Waals surface area contributed by atoms with Gasteiger partial charge in [-0.25, -0.2) is 10.9 Å². The van der Waals surface area contributed by atoms with Gasteiger partial charge in [-0.15, -0.1) is 0 Å². The second-order valence-electron chi connectivity index (χ2n) is 2.84. The van der Waals surface area contributed by atoms with Crippen molar-refractivity contribution in [3.63, 3.8) is 0 Å². The van der Waals surface area contributed by atoms with Gasteiger partial charge >= 0.3 is 0 Å². The van der Waals surface area contributed by atoms with Gasteiger partial charge < -0.3 is 0 Å². The minimum absolute atomic E-state index is 0.190. The van der Waals surface area contributed by atoms with Gasteiger partial charge in [-0.1, -0.05) is 6.07 Å². The number of nitrogens with zero attached hydrogens (tertiary/aromatic N) is 1. The highest BCUT2D eigenvalue weighted by molar-refractivity contribution is 9.10. The number of hydrazine groups is 1. The van der Waals surface area contributed by atoms with Crippen LogP contribution in [0.5, 0.6) is 0 Å². The molecular weight excluding hydrogens is 232 g/mol. The molecule has 0 heterocycles. The molecular formula is C9H11BrN2O. The van der Waals surface area contributed by atoms with E-state index in [-0.39, 0.29) is 5.91 Å². The number of nitrogens with two attached hydrogens (primary N) is 1. The van der Waals surface area contributed by atoms with Crippen molar-refractivity contribution in [3.05, 3.63) is 28.2 Å². The molecule has 4 heteroatoms. The van der Waals surface area contributed by atoms with Gasteiger partial charge in [0.15, 0.2) is 0 Å². The van der Waals surface area contributed by atoms with E-state index in [0.717, 1.165) is 15.0 Å². The first kappa shape index (κ1) is 10.2. The van der Waals surface area contributed by atoms with E-state index in [1.165, 1.54) is 6.92 Å². The number of carbonyl (C=O) groups is 1. The summed E-state index contributed by atoms with van der Waals surface area (Å²) in [6.07, 6.45) is 0. The summed E-state index contributed by atoms with van der Waals surface area (Å²) in [6, 6.07) is 5.63. The predicted molar refractivity (Wildman–Crippen MR) is 56.2 cm³/mol. The van der Waals surface area contributed by atoms with Crippen molar-refractivity contribution in [1.82, 2.24) is 0 Å². The van der Waals surface area contributed by atoms with Crippen LogP contribution in [0.3, 0.4) is 0 Å². The fraction of sp³-hybridized carbons (Fsp3) is 0.222. The molecule has 0 aliphatic heterocycles. The van der Waals surface area contributed by atoms with Crippen molar-refractivity contribution >= 4 is 27.5 Å². The van der Waals surface area contributed by atoms with E-state index in [1.54, 1.807) is 6.07 Å². The Labute approximate surface area is 85.6 Å². The molecule has 1 amide bonds. The Morgan fingerprint density at radius 2 is 2.15 bits per heavy atom. The number of amides is 1. The molecule has 2 N–H and O–H groups in total. The molecule has 1 aromatic rings. The van der Waals surface area contributed by atoms with Gasteiger partial charge in [-0.2, -0.15) is 0 Å². The van der Waals surface area contributed by atoms with Crippen LogP contribution in [0.4, 0.5) is 5.69 Å². The summed E-state index contributed by atoms with van der Waals surface area (Å²) < 4.78 is 0.824. The fourth-order valence-electron chi connectivity index (χ4n) is 0.977. The molecule has 0 unspecified atom stereocenters. The largest absolute Gasteiger partial charge is 0.273 e. The number of benzene rings is 1. The number of hydrogen-bond acceptors (Lipinski definition) is 2. The van der Waals surface area contributed by atoms with E-state index in [2.05, 4.69) is 15.9 Å². The van der Waals surface area contributed by atoms with Crippen molar-refractivity contribution in [3.8, 4) is 0 Å². The van der Waals surface area contributed by atoms with E-state index < -0.39 is 0 Å². The van der Waals surface area contributed by atoms with Crippen LogP contribution in [0.1, 0.15) is 12.5 Å². The molecule has 0 radical (unpaired) electrons. The summed E-state index contributed by atoms with van der Waals surface area (Å²) in [5, 5.41) is 1.11. The SMILES string of the molecule is CC(=O)N(N)c1ccc(C)cc1Br. The number of aryl methyl sites for hydroxylation is 1. The Morgan fingerprint density at radius 1 is 1.54 bits per heavy atom. The topological polar surface area (TPSA) is 46.3 Å². The molecule has 0 saturated carbocycles. The Kier molecular flexibility index (Phi) is 3.06. The van der Waals surface area contributed by atoms with E-state index in [9.17, 15) is 4.79 Å². The monoisotopic (exact) mass is 242 g/mol. The van der Waals surface area contributed by atoms with Gasteiger partial charge in [0.05, 0.1) is 5.69 Å². The normalized spacial score (nSPS) is 9.85. The lowest BCUT2D eigenvalue weighted by atomic mass is 10.2. The maximum absolute atomic E-state index is 11.0. The van der Waals surface area contributed by atoms with Crippen LogP contribution in [0.15, 0.2) is 22.7 Å². The molecule has 0 aliphatic carbocycles. The molecule has 1 aromatic carbocycles. The van der Waals surface area contributed by atoms with Crippen molar-refractivity contribution in [2.45, 2.75) is 13.8 Å². The van der Waals surface area contributed by atoms with E-state index in [0.29, 0.717) is 5.69 Å². The number of carbonyl (C=O) groups excluding carboxylic acids is 1. The maximum atomic E-state index is 11.0. The highest BCUT2D eigenvalue weighted by Gasteiger charge is 2.09. The molecule has 70 valence electrons. The fourth-order valence-corrected chi connectivity index (χ4v) is 1.66. The molecule has 1 rings (SSSR count). The summed E-state index contributed by atoms with van der Waals surface area (Å²) in [5.74, 6) is 5.35. The van der Waals surface area contributed by atoms with Crippen LogP contribution in [0.2, 0.25) is 0 Å². The highest BCUT2D eigenvalue weighted by atomic mass is 79.9. The van der Waals surface area contributed by atoms with Gasteiger partial charge in [0.25, 0.3) is 0 Å². The number of anilines is 1. The Hall–Kier alpha value is -0.870. The van der Waals surface area contributed by atoms with Crippen molar-refractivity contribution < 1.29 is 4.79 Å². The number of hydrogen-bond donors (Lipinski definition) is 1. The Morgan fingerprint density at radius 3 is 2.62 bits per heavy atom. The zero-order valence-corrected chi connectivity index (χ0v) is 9.13. The molecule has 0 aliphatic rings. The van der Waals surface area contributed by atoms with Crippen LogP contribution in [0.25, 0.3) is 0 Å². The zero-order chi connectivity index (χ0) is 10.0. The third-order valence-electron chi connectivity index (χ3n) is 1.70. The van der Waals surface area contributed by atoms with Crippen molar-refractivity contribution in [1.29, 1.82) is 0 Å². The van der Waals surface area contributed by atoms with E-state index >= 15 is 0 Å². The molecule has 0 bridgehead atoms. The lowest BCUT2D eigenvalue weighted by Crippen LogP contribution is -2.35. The quantitative estimate of drug-likeness (QED) is 0.465. The lowest BCUT2D eigenvalue weighted by molar-refractivity contribution is -0.116. The van der Waals surface area contributed by atoms with Crippen molar-refractivity contribution in [2.24, 2.45) is 5.84 Å². The molecule has 0 fully saturated rings. The van der Waals surface area contributed by atoms with E-state index in [4.69, 9.17) is 5.84 Å². The summed E-state index contributed by atoms with van der Waals surface area (Å²) in [5.41, 5.74) is 1.80. The zero-order valence-electron chi connectivity index (χ0n) is 7.54. The molecule has 0 spiro atoms. The second kappa shape index (κ2) is 3.89. The summed E-state index contributed by atoms with van der Waals surface area (Å²) in [6.45, 7) is 3.40. The smallest absolute Gasteiger partial charge is 0.238 e. The third kappa shape index (κ3) is 2.29. The highest BCUT2D eigenvalue weighted by Crippen LogP contribution is 2.25. The summed E-state index contributed by atoms with van der Waals surface area (Å²) in [4.78, 5) is 11.0. The number of halogens is 1. The van der Waals surface area contributed by atoms with Gasteiger partial charge in [0.1, 0.15) is 0 Å². The van der Waals surface area contributed by atoms with Crippen LogP contribution >= 0.6 is 15.9 Å². The molecule has 0 atom stereocenters. The first-order chi connectivity index (χ1) is 6.02. The molecule has 3 nitrogen and oxygen atoms in total. The van der Waals surface area contributed by atoms with Gasteiger partial charge in [-0.3, -0.25) is 4.79 Å². The number of rotatable bonds is 1. The standard InChI is InChI=1S/C9H11BrN2O/c1-6-3-4-9(8(10)5-6)12(11)7(2)13/h3-5H,11H2,1-2H3. The Balaban J connectivity index is 3.08. The average Bonchev–Trinajstić information content (AvgIpc) is 2.03. The van der Waals surface area contributed by atoms with Crippen LogP contribution in [-0.2, 0) is 4.79 Å². The van der Waals surface area contributed by atoms with Crippen LogP contribution < -0.4 is 10.9 Å². The Bertz CT molecular complexity index is 338. The van der Waals surface area contributed by atoms with Crippen molar-refractivity contribution in [2.75, 3.05) is 5.01 Å². The van der Waals surface area contributed by atoms with Crippen LogP contribution in [-0.4, -0.2) is 5.91 Å². The summed E-state index contributed by atoms with van der Waals surface area (Å²) in [7, 11) is 0. The van der Waals surface area contributed by atoms with Crippen LogP contribution in [0, 0.1) is 6.92 Å². The van der Waals surface area contributed by atoms with Gasteiger partial charge in [-0.05, 0) is 40.5 Å². The predicted octanol–water partition coefficient (Wildman–Crippen LogP) is 1.98. The molecule has 0 aromatic heterocycles. The maximum Gasteiger partial charge on any atom is 0.238 e. The second-order valence-corrected chi connectivity index (χ2v) is 3.70. The lowest BCUT2D eigenvalue weighted by Gasteiger charge is -2.16. The van der Waals surface area contributed by atoms with Gasteiger partial charge in [0, 0.05) is 11.4 Å². The first-order valence-electron chi connectivity index (χ1n) is 3.84. The first-order valence-corrected chi connectivity index (χ1v) is 4.63. The summed E-state index contributed by atoms with van der Waals surface area (Å²) >= 11 is 3.34. The average molecular weight is 243 g/mol. The third-order valence-corrected chi connectivity index (χ3v) is 2.34. The minimum Gasteiger partial charge on any atom is -0.273 e. The van der Waals surface area contributed by atoms with E-state index in [1.807, 2.05) is 19.1 Å².